The Balaban J connectivity index is 1.73. The normalized spacial score (nSPS) is 11.3. The van der Waals surface area contributed by atoms with E-state index in [4.69, 9.17) is 34.8 Å². The van der Waals surface area contributed by atoms with Crippen LogP contribution >= 0.6 is 50.7 Å². The van der Waals surface area contributed by atoms with Crippen molar-refractivity contribution in [1.29, 1.82) is 0 Å². The predicted molar refractivity (Wildman–Crippen MR) is 111 cm³/mol. The Morgan fingerprint density at radius 1 is 1.21 bits per heavy atom. The predicted octanol–water partition coefficient (Wildman–Crippen LogP) is 5.74. The minimum absolute atomic E-state index is 0.123. The monoisotopic (exact) mass is 525 g/mol. The van der Waals surface area contributed by atoms with E-state index in [2.05, 4.69) is 31.4 Å². The highest BCUT2D eigenvalue weighted by Gasteiger charge is 2.21. The van der Waals surface area contributed by atoms with E-state index in [1.165, 1.54) is 15.6 Å². The smallest absolute Gasteiger partial charge is 0.283 e. The molecule has 0 saturated heterocycles. The van der Waals surface area contributed by atoms with E-state index in [1.807, 2.05) is 0 Å². The average molecular weight is 528 g/mol. The lowest BCUT2D eigenvalue weighted by Crippen LogP contribution is -2.21. The maximum absolute atomic E-state index is 12.9. The molecular formula is C17H13BrCl3F2N5O. The van der Waals surface area contributed by atoms with E-state index in [9.17, 15) is 13.6 Å². The molecule has 0 saturated carbocycles. The highest BCUT2D eigenvalue weighted by atomic mass is 79.9. The van der Waals surface area contributed by atoms with Gasteiger partial charge in [0.2, 0.25) is 5.91 Å². The Hall–Kier alpha value is -1.68. The number of alkyl halides is 2. The molecule has 1 amide bonds. The van der Waals surface area contributed by atoms with Crippen molar-refractivity contribution < 1.29 is 13.6 Å². The molecule has 0 unspecified atom stereocenters. The van der Waals surface area contributed by atoms with E-state index in [0.29, 0.717) is 21.3 Å². The zero-order valence-corrected chi connectivity index (χ0v) is 18.6. The molecule has 0 atom stereocenters. The fraction of sp³-hybridized carbons (Fsp3) is 0.235. The van der Waals surface area contributed by atoms with Crippen LogP contribution < -0.4 is 5.32 Å². The topological polar surface area (TPSA) is 64.7 Å². The Morgan fingerprint density at radius 3 is 2.45 bits per heavy atom. The first-order chi connectivity index (χ1) is 13.7. The minimum Gasteiger partial charge on any atom is -0.306 e. The summed E-state index contributed by atoms with van der Waals surface area (Å²) >= 11 is 21.5. The van der Waals surface area contributed by atoms with Crippen molar-refractivity contribution in [2.75, 3.05) is 5.32 Å². The second-order valence-corrected chi connectivity index (χ2v) is 8.03. The van der Waals surface area contributed by atoms with Crippen LogP contribution in [-0.2, 0) is 17.9 Å². The Kier molecular flexibility index (Phi) is 6.83. The molecule has 0 spiro atoms. The minimum atomic E-state index is -2.76. The highest BCUT2D eigenvalue weighted by Crippen LogP contribution is 2.29. The quantitative estimate of drug-likeness (QED) is 0.445. The van der Waals surface area contributed by atoms with E-state index < -0.39 is 18.0 Å². The summed E-state index contributed by atoms with van der Waals surface area (Å²) in [5, 5.41) is 11.7. The van der Waals surface area contributed by atoms with Crippen LogP contribution in [0.25, 0.3) is 0 Å². The number of halogens is 6. The van der Waals surface area contributed by atoms with Crippen molar-refractivity contribution in [1.82, 2.24) is 19.6 Å². The molecular weight excluding hydrogens is 514 g/mol. The highest BCUT2D eigenvalue weighted by molar-refractivity contribution is 9.10. The standard InChI is InChI=1S/C17H13BrCl3F2N5O/c1-8-14(18)15(16(22)23)25-28(8)7-13(29)24-17-12(21)6-27(26-17)5-9-10(19)3-2-4-11(9)20/h2-4,6,16H,5,7H2,1H3,(H,24,26,29). The van der Waals surface area contributed by atoms with Gasteiger partial charge in [0, 0.05) is 21.8 Å². The van der Waals surface area contributed by atoms with E-state index in [1.54, 1.807) is 25.1 Å². The number of rotatable bonds is 6. The van der Waals surface area contributed by atoms with Crippen molar-refractivity contribution in [3.05, 3.63) is 60.9 Å². The van der Waals surface area contributed by atoms with Gasteiger partial charge in [-0.3, -0.25) is 14.2 Å². The second-order valence-electron chi connectivity index (χ2n) is 6.01. The van der Waals surface area contributed by atoms with Crippen LogP contribution in [0.2, 0.25) is 15.1 Å². The summed E-state index contributed by atoms with van der Waals surface area (Å²) < 4.78 is 28.7. The van der Waals surface area contributed by atoms with Crippen LogP contribution in [0.1, 0.15) is 23.4 Å². The van der Waals surface area contributed by atoms with Crippen LogP contribution in [0, 0.1) is 6.92 Å². The summed E-state index contributed by atoms with van der Waals surface area (Å²) in [6.07, 6.45) is -1.24. The maximum Gasteiger partial charge on any atom is 0.283 e. The van der Waals surface area contributed by atoms with Gasteiger partial charge < -0.3 is 5.32 Å². The molecule has 0 bridgehead atoms. The van der Waals surface area contributed by atoms with Gasteiger partial charge in [0.1, 0.15) is 17.3 Å². The van der Waals surface area contributed by atoms with Gasteiger partial charge in [0.15, 0.2) is 5.82 Å². The lowest BCUT2D eigenvalue weighted by atomic mass is 10.2. The molecule has 6 nitrogen and oxygen atoms in total. The number of amides is 1. The number of nitrogens with zero attached hydrogens (tertiary/aromatic N) is 4. The molecule has 29 heavy (non-hydrogen) atoms. The zero-order chi connectivity index (χ0) is 21.3. The summed E-state index contributed by atoms with van der Waals surface area (Å²) in [6.45, 7) is 1.54. The number of carbonyl (C=O) groups is 1. The molecule has 154 valence electrons. The van der Waals surface area contributed by atoms with E-state index in [-0.39, 0.29) is 28.4 Å². The third kappa shape index (κ3) is 4.91. The number of hydrogen-bond donors (Lipinski definition) is 1. The van der Waals surface area contributed by atoms with Crippen LogP contribution in [0.15, 0.2) is 28.9 Å². The molecule has 0 aliphatic heterocycles. The van der Waals surface area contributed by atoms with Crippen LogP contribution in [0.4, 0.5) is 14.6 Å². The van der Waals surface area contributed by atoms with Crippen LogP contribution in [0.3, 0.4) is 0 Å². The second kappa shape index (κ2) is 8.99. The van der Waals surface area contributed by atoms with Crippen molar-refractivity contribution in [3.63, 3.8) is 0 Å². The molecule has 0 fully saturated rings. The summed E-state index contributed by atoms with van der Waals surface area (Å²) in [6, 6.07) is 5.13. The van der Waals surface area contributed by atoms with Crippen molar-refractivity contribution in [3.8, 4) is 0 Å². The molecule has 3 aromatic rings. The van der Waals surface area contributed by atoms with Gasteiger partial charge >= 0.3 is 0 Å². The van der Waals surface area contributed by atoms with E-state index >= 15 is 0 Å². The number of benzene rings is 1. The van der Waals surface area contributed by atoms with Crippen LogP contribution in [-0.4, -0.2) is 25.5 Å². The van der Waals surface area contributed by atoms with Gasteiger partial charge in [0.05, 0.1) is 16.7 Å². The third-order valence-electron chi connectivity index (χ3n) is 4.01. The summed E-state index contributed by atoms with van der Waals surface area (Å²) in [5.41, 5.74) is 0.638. The van der Waals surface area contributed by atoms with Gasteiger partial charge in [-0.1, -0.05) is 40.9 Å². The first kappa shape index (κ1) is 22.0. The molecule has 12 heteroatoms. The number of carbonyl (C=O) groups excluding carboxylic acids is 1. The molecule has 2 aromatic heterocycles. The molecule has 2 heterocycles. The maximum atomic E-state index is 12.9. The number of nitrogens with one attached hydrogen (secondary N) is 1. The van der Waals surface area contributed by atoms with Gasteiger partial charge in [-0.15, -0.1) is 0 Å². The lowest BCUT2D eigenvalue weighted by molar-refractivity contribution is -0.117. The largest absolute Gasteiger partial charge is 0.306 e. The molecule has 0 radical (unpaired) electrons. The van der Waals surface area contributed by atoms with E-state index in [0.717, 1.165) is 0 Å². The van der Waals surface area contributed by atoms with Crippen molar-refractivity contribution >= 4 is 62.5 Å². The number of anilines is 1. The fourth-order valence-electron chi connectivity index (χ4n) is 2.56. The average Bonchev–Trinajstić information content (AvgIpc) is 3.12. The lowest BCUT2D eigenvalue weighted by Gasteiger charge is -2.07. The summed E-state index contributed by atoms with van der Waals surface area (Å²) in [5.74, 6) is -0.398. The van der Waals surface area contributed by atoms with Crippen LogP contribution in [0.5, 0.6) is 0 Å². The van der Waals surface area contributed by atoms with Gasteiger partial charge in [-0.2, -0.15) is 10.2 Å². The molecule has 1 aromatic carbocycles. The Morgan fingerprint density at radius 2 is 1.86 bits per heavy atom. The molecule has 3 rings (SSSR count). The van der Waals surface area contributed by atoms with Gasteiger partial charge in [-0.05, 0) is 35.0 Å². The third-order valence-corrected chi connectivity index (χ3v) is 5.98. The van der Waals surface area contributed by atoms with Crippen molar-refractivity contribution in [2.24, 2.45) is 0 Å². The first-order valence-corrected chi connectivity index (χ1v) is 10.1. The van der Waals surface area contributed by atoms with Crippen molar-refractivity contribution in [2.45, 2.75) is 26.4 Å². The molecule has 0 aliphatic carbocycles. The van der Waals surface area contributed by atoms with Gasteiger partial charge in [-0.25, -0.2) is 8.78 Å². The SMILES string of the molecule is Cc1c(Br)c(C(F)F)nn1CC(=O)Nc1nn(Cc2c(Cl)cccc2Cl)cc1Cl. The number of aromatic nitrogens is 4. The zero-order valence-electron chi connectivity index (χ0n) is 14.8. The first-order valence-electron chi connectivity index (χ1n) is 8.14. The fourth-order valence-corrected chi connectivity index (χ4v) is 3.73. The Labute approximate surface area is 187 Å². The van der Waals surface area contributed by atoms with Gasteiger partial charge in [0.25, 0.3) is 6.43 Å². The molecule has 0 aliphatic rings. The molecule has 1 N–H and O–H groups in total. The summed E-state index contributed by atoms with van der Waals surface area (Å²) in [7, 11) is 0. The summed E-state index contributed by atoms with van der Waals surface area (Å²) in [4.78, 5) is 12.3. The Bertz CT molecular complexity index is 1050. The number of hydrogen-bond acceptors (Lipinski definition) is 3.